The van der Waals surface area contributed by atoms with Crippen LogP contribution in [-0.4, -0.2) is 19.2 Å². The summed E-state index contributed by atoms with van der Waals surface area (Å²) in [6.07, 6.45) is 1.48. The van der Waals surface area contributed by atoms with E-state index in [2.05, 4.69) is 59.4 Å². The van der Waals surface area contributed by atoms with Crippen LogP contribution in [0.4, 0.5) is 0 Å². The van der Waals surface area contributed by atoms with Crippen LogP contribution in [0.2, 0.25) is 0 Å². The van der Waals surface area contributed by atoms with E-state index in [1.54, 1.807) is 0 Å². The number of halogens is 1. The van der Waals surface area contributed by atoms with Crippen molar-refractivity contribution in [3.8, 4) is 0 Å². The van der Waals surface area contributed by atoms with Crippen molar-refractivity contribution in [2.24, 2.45) is 5.41 Å². The summed E-state index contributed by atoms with van der Waals surface area (Å²) in [7, 11) is 2.03. The lowest BCUT2D eigenvalue weighted by atomic mass is 9.64. The summed E-state index contributed by atoms with van der Waals surface area (Å²) < 4.78 is 7.11. The molecule has 0 saturated heterocycles. The van der Waals surface area contributed by atoms with Crippen LogP contribution in [0.1, 0.15) is 25.8 Å². The van der Waals surface area contributed by atoms with E-state index in [0.717, 1.165) is 10.9 Å². The summed E-state index contributed by atoms with van der Waals surface area (Å²) in [5.41, 5.74) is 1.47. The first-order chi connectivity index (χ1) is 8.04. The number of nitrogens with one attached hydrogen (secondary N) is 1. The molecule has 0 radical (unpaired) electrons. The van der Waals surface area contributed by atoms with Gasteiger partial charge in [0.2, 0.25) is 0 Å². The Bertz CT molecular complexity index is 374. The topological polar surface area (TPSA) is 21.3 Å². The van der Waals surface area contributed by atoms with Crippen LogP contribution in [0.15, 0.2) is 28.7 Å². The quantitative estimate of drug-likeness (QED) is 0.920. The van der Waals surface area contributed by atoms with Crippen molar-refractivity contribution in [3.63, 3.8) is 0 Å². The Balaban J connectivity index is 1.86. The second-order valence-corrected chi connectivity index (χ2v) is 6.24. The maximum Gasteiger partial charge on any atom is 0.0720 e. The minimum atomic E-state index is 0.240. The predicted molar refractivity (Wildman–Crippen MR) is 74.0 cm³/mol. The van der Waals surface area contributed by atoms with E-state index in [-0.39, 0.29) is 5.41 Å². The summed E-state index contributed by atoms with van der Waals surface area (Å²) in [6, 6.07) is 8.90. The van der Waals surface area contributed by atoms with Crippen molar-refractivity contribution in [1.82, 2.24) is 5.32 Å². The largest absolute Gasteiger partial charge is 0.373 e. The zero-order chi connectivity index (χ0) is 12.5. The normalized spacial score (nSPS) is 26.6. The summed E-state index contributed by atoms with van der Waals surface area (Å²) in [5, 5.41) is 3.34. The van der Waals surface area contributed by atoms with Gasteiger partial charge in [-0.25, -0.2) is 0 Å². The molecular formula is C14H20BrNO. The number of ether oxygens (including phenoxy) is 1. The highest BCUT2D eigenvalue weighted by Crippen LogP contribution is 2.42. The molecule has 1 saturated carbocycles. The second kappa shape index (κ2) is 5.09. The van der Waals surface area contributed by atoms with E-state index < -0.39 is 0 Å². The summed E-state index contributed by atoms with van der Waals surface area (Å²) in [5.74, 6) is 0. The standard InChI is InChI=1S/C14H20BrNO/c1-14(2)12(16-3)8-13(14)17-9-10-4-6-11(15)7-5-10/h4-7,12-13,16H,8-9H2,1-3H3. The zero-order valence-corrected chi connectivity index (χ0v) is 12.3. The summed E-state index contributed by atoms with van der Waals surface area (Å²) >= 11 is 3.44. The van der Waals surface area contributed by atoms with Crippen molar-refractivity contribution in [2.45, 2.75) is 39.0 Å². The summed E-state index contributed by atoms with van der Waals surface area (Å²) in [6.45, 7) is 5.24. The van der Waals surface area contributed by atoms with Gasteiger partial charge in [-0.15, -0.1) is 0 Å². The van der Waals surface area contributed by atoms with E-state index in [4.69, 9.17) is 4.74 Å². The van der Waals surface area contributed by atoms with Gasteiger partial charge in [-0.1, -0.05) is 41.9 Å². The number of benzene rings is 1. The third-order valence-corrected chi connectivity index (χ3v) is 4.42. The molecule has 0 spiro atoms. The molecule has 3 heteroatoms. The lowest BCUT2D eigenvalue weighted by molar-refractivity contribution is -0.123. The molecule has 17 heavy (non-hydrogen) atoms. The van der Waals surface area contributed by atoms with Crippen LogP contribution in [0.25, 0.3) is 0 Å². The molecule has 1 aliphatic rings. The van der Waals surface area contributed by atoms with Crippen molar-refractivity contribution in [3.05, 3.63) is 34.3 Å². The minimum absolute atomic E-state index is 0.240. The highest BCUT2D eigenvalue weighted by atomic mass is 79.9. The van der Waals surface area contributed by atoms with E-state index in [1.165, 1.54) is 5.56 Å². The first-order valence-corrected chi connectivity index (χ1v) is 6.86. The number of hydrogen-bond donors (Lipinski definition) is 1. The maximum atomic E-state index is 6.00. The molecule has 0 bridgehead atoms. The first kappa shape index (κ1) is 13.1. The van der Waals surface area contributed by atoms with Gasteiger partial charge in [0.25, 0.3) is 0 Å². The molecule has 1 aromatic carbocycles. The van der Waals surface area contributed by atoms with Crippen molar-refractivity contribution in [1.29, 1.82) is 0 Å². The lowest BCUT2D eigenvalue weighted by Crippen LogP contribution is -2.59. The number of rotatable bonds is 4. The lowest BCUT2D eigenvalue weighted by Gasteiger charge is -2.51. The Morgan fingerprint density at radius 2 is 2.00 bits per heavy atom. The monoisotopic (exact) mass is 297 g/mol. The molecule has 1 fully saturated rings. The smallest absolute Gasteiger partial charge is 0.0720 e. The number of hydrogen-bond acceptors (Lipinski definition) is 2. The van der Waals surface area contributed by atoms with Crippen LogP contribution in [-0.2, 0) is 11.3 Å². The third-order valence-electron chi connectivity index (χ3n) is 3.89. The van der Waals surface area contributed by atoms with Gasteiger partial charge in [0.1, 0.15) is 0 Å². The molecule has 0 aliphatic heterocycles. The van der Waals surface area contributed by atoms with E-state index in [9.17, 15) is 0 Å². The molecule has 0 amide bonds. The highest BCUT2D eigenvalue weighted by molar-refractivity contribution is 9.10. The molecule has 0 heterocycles. The Hall–Kier alpha value is -0.380. The fraction of sp³-hybridized carbons (Fsp3) is 0.571. The average Bonchev–Trinajstić information content (AvgIpc) is 2.30. The fourth-order valence-corrected chi connectivity index (χ4v) is 2.70. The Morgan fingerprint density at radius 3 is 2.53 bits per heavy atom. The van der Waals surface area contributed by atoms with Crippen molar-refractivity contribution >= 4 is 15.9 Å². The molecular weight excluding hydrogens is 278 g/mol. The zero-order valence-electron chi connectivity index (χ0n) is 10.7. The van der Waals surface area contributed by atoms with Crippen LogP contribution in [0.5, 0.6) is 0 Å². The molecule has 1 aliphatic carbocycles. The van der Waals surface area contributed by atoms with Crippen molar-refractivity contribution < 1.29 is 4.74 Å². The SMILES string of the molecule is CNC1CC(OCc2ccc(Br)cc2)C1(C)C. The molecule has 2 atom stereocenters. The van der Waals surface area contributed by atoms with E-state index in [0.29, 0.717) is 18.8 Å². The fourth-order valence-electron chi connectivity index (χ4n) is 2.44. The van der Waals surface area contributed by atoms with Gasteiger partial charge in [-0.05, 0) is 31.2 Å². The Labute approximate surface area is 112 Å². The van der Waals surface area contributed by atoms with Gasteiger partial charge in [-0.2, -0.15) is 0 Å². The average molecular weight is 298 g/mol. The van der Waals surface area contributed by atoms with E-state index >= 15 is 0 Å². The van der Waals surface area contributed by atoms with Gasteiger partial charge in [0.15, 0.2) is 0 Å². The highest BCUT2D eigenvalue weighted by Gasteiger charge is 2.48. The molecule has 1 N–H and O–H groups in total. The molecule has 1 aromatic rings. The molecule has 94 valence electrons. The maximum absolute atomic E-state index is 6.00. The minimum Gasteiger partial charge on any atom is -0.373 e. The second-order valence-electron chi connectivity index (χ2n) is 5.32. The van der Waals surface area contributed by atoms with Crippen molar-refractivity contribution in [2.75, 3.05) is 7.05 Å². The van der Waals surface area contributed by atoms with E-state index in [1.807, 2.05) is 7.05 Å². The van der Waals surface area contributed by atoms with Crippen LogP contribution < -0.4 is 5.32 Å². The van der Waals surface area contributed by atoms with Crippen LogP contribution >= 0.6 is 15.9 Å². The van der Waals surface area contributed by atoms with Gasteiger partial charge in [-0.3, -0.25) is 0 Å². The molecule has 2 unspecified atom stereocenters. The van der Waals surface area contributed by atoms with Gasteiger partial charge in [0.05, 0.1) is 12.7 Å². The molecule has 2 rings (SSSR count). The first-order valence-electron chi connectivity index (χ1n) is 6.07. The molecule has 2 nitrogen and oxygen atoms in total. The van der Waals surface area contributed by atoms with Gasteiger partial charge >= 0.3 is 0 Å². The summed E-state index contributed by atoms with van der Waals surface area (Å²) in [4.78, 5) is 0. The Morgan fingerprint density at radius 1 is 1.35 bits per heavy atom. The molecule has 0 aromatic heterocycles. The third kappa shape index (κ3) is 2.72. The van der Waals surface area contributed by atoms with Gasteiger partial charge in [0, 0.05) is 15.9 Å². The van der Waals surface area contributed by atoms with Crippen LogP contribution in [0.3, 0.4) is 0 Å². The Kier molecular flexibility index (Phi) is 3.91. The predicted octanol–water partition coefficient (Wildman–Crippen LogP) is 3.35. The van der Waals surface area contributed by atoms with Crippen LogP contribution in [0, 0.1) is 5.41 Å². The van der Waals surface area contributed by atoms with Gasteiger partial charge < -0.3 is 10.1 Å².